The molecule has 0 aromatic carbocycles. The van der Waals surface area contributed by atoms with Crippen molar-refractivity contribution in [3.05, 3.63) is 146 Å². The quantitative estimate of drug-likeness (QED) is 0.0204. The Morgan fingerprint density at radius 3 is 1.29 bits per heavy atom. The van der Waals surface area contributed by atoms with Crippen LogP contribution in [0.3, 0.4) is 0 Å². The number of aliphatic hydroxyl groups excluding tert-OH is 8. The van der Waals surface area contributed by atoms with Crippen molar-refractivity contribution in [1.82, 2.24) is 5.32 Å². The summed E-state index contributed by atoms with van der Waals surface area (Å²) in [6.45, 7) is 2.62. The van der Waals surface area contributed by atoms with Gasteiger partial charge in [-0.25, -0.2) is 0 Å². The van der Waals surface area contributed by atoms with E-state index in [4.69, 9.17) is 18.9 Å². The van der Waals surface area contributed by atoms with Crippen LogP contribution in [0, 0.1) is 0 Å². The Balaban J connectivity index is 1.75. The molecule has 2 heterocycles. The molecule has 12 unspecified atom stereocenters. The zero-order chi connectivity index (χ0) is 61.6. The van der Waals surface area contributed by atoms with Gasteiger partial charge in [-0.1, -0.05) is 230 Å². The van der Waals surface area contributed by atoms with E-state index in [0.29, 0.717) is 12.8 Å². The van der Waals surface area contributed by atoms with E-state index in [2.05, 4.69) is 153 Å². The van der Waals surface area contributed by atoms with E-state index in [-0.39, 0.29) is 18.9 Å². The second-order valence-electron chi connectivity index (χ2n) is 22.1. The lowest BCUT2D eigenvalue weighted by Crippen LogP contribution is -2.65. The zero-order valence-electron chi connectivity index (χ0n) is 52.0. The highest BCUT2D eigenvalue weighted by Crippen LogP contribution is 2.30. The average molecular weight is 1190 g/mol. The minimum atomic E-state index is -1.80. The van der Waals surface area contributed by atoms with Crippen LogP contribution in [-0.4, -0.2) is 140 Å². The molecule has 482 valence electrons. The first kappa shape index (κ1) is 77.0. The molecule has 0 aromatic heterocycles. The van der Waals surface area contributed by atoms with Crippen molar-refractivity contribution in [1.29, 1.82) is 0 Å². The smallest absolute Gasteiger partial charge is 0.220 e. The molecule has 14 heteroatoms. The Labute approximate surface area is 513 Å². The van der Waals surface area contributed by atoms with Gasteiger partial charge in [-0.2, -0.15) is 0 Å². The lowest BCUT2D eigenvalue weighted by Gasteiger charge is -2.46. The van der Waals surface area contributed by atoms with Crippen LogP contribution < -0.4 is 5.32 Å². The molecule has 0 saturated carbocycles. The molecule has 0 spiro atoms. The molecule has 2 rings (SSSR count). The lowest BCUT2D eigenvalue weighted by molar-refractivity contribution is -0.359. The third-order valence-corrected chi connectivity index (χ3v) is 14.8. The van der Waals surface area contributed by atoms with Crippen molar-refractivity contribution < 1.29 is 64.6 Å². The van der Waals surface area contributed by atoms with Crippen molar-refractivity contribution in [2.24, 2.45) is 0 Å². The van der Waals surface area contributed by atoms with E-state index in [1.54, 1.807) is 6.08 Å². The molecular weight excluding hydrogens is 1070 g/mol. The van der Waals surface area contributed by atoms with Crippen molar-refractivity contribution in [2.45, 2.75) is 274 Å². The highest BCUT2D eigenvalue weighted by molar-refractivity contribution is 5.76. The molecule has 12 atom stereocenters. The monoisotopic (exact) mass is 1190 g/mol. The zero-order valence-corrected chi connectivity index (χ0v) is 52.0. The van der Waals surface area contributed by atoms with Gasteiger partial charge in [0.2, 0.25) is 5.91 Å². The fourth-order valence-electron chi connectivity index (χ4n) is 9.57. The number of hydrogen-bond donors (Lipinski definition) is 9. The molecule has 0 radical (unpaired) electrons. The van der Waals surface area contributed by atoms with Gasteiger partial charge in [-0.3, -0.25) is 4.79 Å². The average Bonchev–Trinajstić information content (AvgIpc) is 3.29. The number of ether oxygens (including phenoxy) is 4. The maximum Gasteiger partial charge on any atom is 0.220 e. The van der Waals surface area contributed by atoms with Crippen LogP contribution in [0.5, 0.6) is 0 Å². The summed E-state index contributed by atoms with van der Waals surface area (Å²) >= 11 is 0. The van der Waals surface area contributed by atoms with Crippen molar-refractivity contribution in [2.75, 3.05) is 19.8 Å². The van der Waals surface area contributed by atoms with Crippen molar-refractivity contribution in [3.8, 4) is 0 Å². The Kier molecular flexibility index (Phi) is 48.9. The molecule has 1 amide bonds. The molecule has 0 aliphatic carbocycles. The molecule has 0 aromatic rings. The van der Waals surface area contributed by atoms with Gasteiger partial charge in [0.05, 0.1) is 32.0 Å². The number of aliphatic hydroxyl groups is 8. The first-order valence-corrected chi connectivity index (χ1v) is 32.6. The van der Waals surface area contributed by atoms with Gasteiger partial charge in [-0.15, -0.1) is 0 Å². The van der Waals surface area contributed by atoms with Gasteiger partial charge < -0.3 is 65.1 Å². The van der Waals surface area contributed by atoms with Crippen LogP contribution >= 0.6 is 0 Å². The summed E-state index contributed by atoms with van der Waals surface area (Å²) < 4.78 is 22.8. The molecule has 2 aliphatic rings. The van der Waals surface area contributed by atoms with Crippen molar-refractivity contribution >= 4 is 5.91 Å². The number of rotatable bonds is 50. The predicted molar refractivity (Wildman–Crippen MR) is 345 cm³/mol. The second-order valence-corrected chi connectivity index (χ2v) is 22.1. The normalized spacial score (nSPS) is 24.5. The summed E-state index contributed by atoms with van der Waals surface area (Å²) in [7, 11) is 0. The number of unbranched alkanes of at least 4 members (excludes halogenated alkanes) is 15. The Bertz CT molecular complexity index is 1980. The Hall–Kier alpha value is -4.13. The highest BCUT2D eigenvalue weighted by atomic mass is 16.7. The van der Waals surface area contributed by atoms with Crippen LogP contribution in [0.2, 0.25) is 0 Å². The van der Waals surface area contributed by atoms with Gasteiger partial charge in [0.1, 0.15) is 48.8 Å². The molecule has 14 nitrogen and oxygen atoms in total. The van der Waals surface area contributed by atoms with Crippen molar-refractivity contribution in [3.63, 3.8) is 0 Å². The summed E-state index contributed by atoms with van der Waals surface area (Å²) in [5, 5.41) is 87.2. The molecule has 9 N–H and O–H groups in total. The summed E-state index contributed by atoms with van der Waals surface area (Å²) in [6.07, 6.45) is 64.6. The molecular formula is C71H115NO13. The topological polar surface area (TPSA) is 228 Å². The fraction of sp³-hybridized carbons (Fsp3) is 0.648. The van der Waals surface area contributed by atoms with Gasteiger partial charge in [-0.05, 0) is 109 Å². The van der Waals surface area contributed by atoms with E-state index < -0.39 is 86.8 Å². The third kappa shape index (κ3) is 38.7. The van der Waals surface area contributed by atoms with Crippen LogP contribution in [0.4, 0.5) is 0 Å². The number of allylic oxidation sites excluding steroid dienone is 23. The second kappa shape index (κ2) is 54.1. The SMILES string of the molecule is CC/C=C\C/C=C\C/C=C\C/C=C\C/C=C\C/C=C\C/C=C\C/C=C\C/C=C\C/C=C\CCCCC(=O)NC(COC1OC(CO)C(OC2OC(CO)C(O)C(O)C2O)C(O)C1O)C(O)/C=C/CC/C=C/CCCCCCCCCCCCCC. The summed E-state index contributed by atoms with van der Waals surface area (Å²) in [4.78, 5) is 13.3. The minimum Gasteiger partial charge on any atom is -0.394 e. The largest absolute Gasteiger partial charge is 0.394 e. The van der Waals surface area contributed by atoms with E-state index >= 15 is 0 Å². The maximum atomic E-state index is 13.3. The summed E-state index contributed by atoms with van der Waals surface area (Å²) in [5.41, 5.74) is 0. The molecule has 2 aliphatic heterocycles. The fourth-order valence-corrected chi connectivity index (χ4v) is 9.57. The van der Waals surface area contributed by atoms with Crippen LogP contribution in [0.1, 0.15) is 200 Å². The number of nitrogens with one attached hydrogen (secondary N) is 1. The van der Waals surface area contributed by atoms with Gasteiger partial charge in [0.15, 0.2) is 12.6 Å². The van der Waals surface area contributed by atoms with E-state index in [0.717, 1.165) is 89.9 Å². The molecule has 2 saturated heterocycles. The first-order valence-electron chi connectivity index (χ1n) is 32.6. The predicted octanol–water partition coefficient (Wildman–Crippen LogP) is 12.5. The standard InChI is InChI=1S/C71H115NO13/c1-3-5-7-9-11-13-15-17-19-21-23-24-25-26-27-28-29-30-31-32-33-34-35-36-37-39-41-43-45-47-49-51-53-55-63(76)72-59(60(75)54-52-50-48-46-44-42-40-38-22-20-18-16-14-12-10-8-6-4-2)58-82-70-68(81)66(79)69(62(57-74)84-70)85-71-67(80)65(78)64(77)61(56-73)83-71/h5,7,11,13,17,19,23-24,26-27,29-30,32-33,35-36,39,41,44-47,52,54,59-62,64-71,73-75,77-81H,3-4,6,8-10,12,14-16,18,20-22,25,28,31,34,37-38,40,42-43,48-51,53,55-58H2,1-2H3,(H,72,76)/b7-5-,13-11-,19-17-,24-23-,27-26-,30-29-,33-32-,36-35-,41-39-,46-44+,47-45-,54-52+. The molecule has 0 bridgehead atoms. The highest BCUT2D eigenvalue weighted by Gasteiger charge is 2.51. The summed E-state index contributed by atoms with van der Waals surface area (Å²) in [5.74, 6) is -0.298. The number of carbonyl (C=O) groups is 1. The maximum absolute atomic E-state index is 13.3. The number of hydrogen-bond acceptors (Lipinski definition) is 13. The van der Waals surface area contributed by atoms with Crippen LogP contribution in [0.15, 0.2) is 146 Å². The minimum absolute atomic E-state index is 0.208. The lowest BCUT2D eigenvalue weighted by atomic mass is 9.97. The van der Waals surface area contributed by atoms with Gasteiger partial charge >= 0.3 is 0 Å². The van der Waals surface area contributed by atoms with Gasteiger partial charge in [0.25, 0.3) is 0 Å². The summed E-state index contributed by atoms with van der Waals surface area (Å²) in [6, 6.07) is -0.967. The van der Waals surface area contributed by atoms with E-state index in [1.165, 1.54) is 77.0 Å². The number of amides is 1. The van der Waals surface area contributed by atoms with Crippen LogP contribution in [-0.2, 0) is 23.7 Å². The van der Waals surface area contributed by atoms with E-state index in [9.17, 15) is 45.6 Å². The Morgan fingerprint density at radius 1 is 0.435 bits per heavy atom. The molecule has 2 fully saturated rings. The Morgan fingerprint density at radius 2 is 0.824 bits per heavy atom. The first-order chi connectivity index (χ1) is 41.6. The molecule has 85 heavy (non-hydrogen) atoms. The van der Waals surface area contributed by atoms with E-state index in [1.807, 2.05) is 6.08 Å². The number of carbonyl (C=O) groups excluding carboxylic acids is 1. The third-order valence-electron chi connectivity index (χ3n) is 14.8. The van der Waals surface area contributed by atoms with Crippen LogP contribution in [0.25, 0.3) is 0 Å². The van der Waals surface area contributed by atoms with Gasteiger partial charge in [0, 0.05) is 6.42 Å².